The van der Waals surface area contributed by atoms with Gasteiger partial charge in [0.15, 0.2) is 5.82 Å². The molecule has 0 aromatic carbocycles. The van der Waals surface area contributed by atoms with Crippen molar-refractivity contribution in [1.82, 2.24) is 25.4 Å². The van der Waals surface area contributed by atoms with Gasteiger partial charge in [-0.15, -0.1) is 10.2 Å². The Labute approximate surface area is 99.8 Å². The van der Waals surface area contributed by atoms with E-state index in [-0.39, 0.29) is 11.8 Å². The summed E-state index contributed by atoms with van der Waals surface area (Å²) in [5, 5.41) is 14.6. The van der Waals surface area contributed by atoms with E-state index < -0.39 is 0 Å². The first-order valence-electron chi connectivity index (χ1n) is 6.24. The Kier molecular flexibility index (Phi) is 2.80. The first-order valence-corrected chi connectivity index (χ1v) is 6.24. The Morgan fingerprint density at radius 2 is 2.29 bits per heavy atom. The van der Waals surface area contributed by atoms with Crippen LogP contribution in [-0.2, 0) is 24.3 Å². The van der Waals surface area contributed by atoms with Crippen LogP contribution < -0.4 is 10.6 Å². The molecule has 6 nitrogen and oxygen atoms in total. The van der Waals surface area contributed by atoms with Crippen molar-refractivity contribution in [2.75, 3.05) is 13.1 Å². The quantitative estimate of drug-likeness (QED) is 0.737. The van der Waals surface area contributed by atoms with Gasteiger partial charge in [0.25, 0.3) is 0 Å². The molecule has 0 spiro atoms. The summed E-state index contributed by atoms with van der Waals surface area (Å²) in [5.41, 5.74) is 0. The van der Waals surface area contributed by atoms with Crippen LogP contribution in [0.1, 0.15) is 24.5 Å². The Morgan fingerprint density at radius 3 is 3.12 bits per heavy atom. The highest BCUT2D eigenvalue weighted by molar-refractivity contribution is 5.80. The fraction of sp³-hybridized carbons (Fsp3) is 0.727. The number of carbonyl (C=O) groups is 1. The third-order valence-electron chi connectivity index (χ3n) is 3.31. The number of hydrogen-bond acceptors (Lipinski definition) is 4. The van der Waals surface area contributed by atoms with Gasteiger partial charge in [0, 0.05) is 32.0 Å². The second-order valence-electron chi connectivity index (χ2n) is 4.68. The molecule has 1 aromatic rings. The minimum atomic E-state index is 0.161. The number of nitrogens with zero attached hydrogens (tertiary/aromatic N) is 3. The second kappa shape index (κ2) is 4.44. The van der Waals surface area contributed by atoms with Crippen molar-refractivity contribution >= 4 is 5.91 Å². The maximum Gasteiger partial charge on any atom is 0.223 e. The summed E-state index contributed by atoms with van der Waals surface area (Å²) >= 11 is 0. The Balaban J connectivity index is 1.66. The van der Waals surface area contributed by atoms with Crippen LogP contribution in [-0.4, -0.2) is 33.8 Å². The van der Waals surface area contributed by atoms with Crippen molar-refractivity contribution in [2.45, 2.75) is 32.4 Å². The standard InChI is InChI=1S/C11H17N5O/c17-11(8-1-2-8)13-7-10-15-14-9-3-4-12-5-6-16(9)10/h8,12H,1-7H2,(H,13,17). The maximum absolute atomic E-state index is 11.6. The first kappa shape index (κ1) is 10.7. The summed E-state index contributed by atoms with van der Waals surface area (Å²) in [4.78, 5) is 11.6. The van der Waals surface area contributed by atoms with E-state index in [1.807, 2.05) is 0 Å². The molecule has 1 aliphatic heterocycles. The number of nitrogens with one attached hydrogen (secondary N) is 2. The topological polar surface area (TPSA) is 71.8 Å². The molecule has 1 aliphatic carbocycles. The van der Waals surface area contributed by atoms with E-state index >= 15 is 0 Å². The number of hydrogen-bond donors (Lipinski definition) is 2. The van der Waals surface area contributed by atoms with E-state index in [1.165, 1.54) is 0 Å². The SMILES string of the molecule is O=C(NCc1nnc2n1CCNCC2)C1CC1. The van der Waals surface area contributed by atoms with E-state index in [4.69, 9.17) is 0 Å². The van der Waals surface area contributed by atoms with Gasteiger partial charge < -0.3 is 15.2 Å². The van der Waals surface area contributed by atoms with Crippen LogP contribution in [0.5, 0.6) is 0 Å². The fourth-order valence-electron chi connectivity index (χ4n) is 2.12. The van der Waals surface area contributed by atoms with Gasteiger partial charge in [-0.1, -0.05) is 0 Å². The van der Waals surface area contributed by atoms with Gasteiger partial charge in [-0.2, -0.15) is 0 Å². The Hall–Kier alpha value is -1.43. The molecule has 17 heavy (non-hydrogen) atoms. The lowest BCUT2D eigenvalue weighted by atomic mass is 10.4. The fourth-order valence-corrected chi connectivity index (χ4v) is 2.12. The minimum absolute atomic E-state index is 0.161. The first-order chi connectivity index (χ1) is 8.34. The highest BCUT2D eigenvalue weighted by Crippen LogP contribution is 2.28. The molecule has 1 amide bonds. The zero-order chi connectivity index (χ0) is 11.7. The third-order valence-corrected chi connectivity index (χ3v) is 3.31. The van der Waals surface area contributed by atoms with Crippen LogP contribution >= 0.6 is 0 Å². The van der Waals surface area contributed by atoms with Crippen LogP contribution in [0.25, 0.3) is 0 Å². The lowest BCUT2D eigenvalue weighted by Crippen LogP contribution is -2.26. The van der Waals surface area contributed by atoms with Crippen LogP contribution in [0.15, 0.2) is 0 Å². The molecule has 6 heteroatoms. The van der Waals surface area contributed by atoms with Crippen molar-refractivity contribution in [3.05, 3.63) is 11.6 Å². The molecule has 0 bridgehead atoms. The van der Waals surface area contributed by atoms with Crippen LogP contribution in [0.2, 0.25) is 0 Å². The van der Waals surface area contributed by atoms with Crippen molar-refractivity contribution in [3.63, 3.8) is 0 Å². The van der Waals surface area contributed by atoms with Gasteiger partial charge >= 0.3 is 0 Å². The molecule has 0 atom stereocenters. The van der Waals surface area contributed by atoms with E-state index in [2.05, 4.69) is 25.4 Å². The zero-order valence-electron chi connectivity index (χ0n) is 9.78. The molecular formula is C11H17N5O. The van der Waals surface area contributed by atoms with Gasteiger partial charge in [0.05, 0.1) is 6.54 Å². The normalized spacial score (nSPS) is 19.5. The molecule has 2 heterocycles. The maximum atomic E-state index is 11.6. The number of rotatable bonds is 3. The smallest absolute Gasteiger partial charge is 0.223 e. The summed E-state index contributed by atoms with van der Waals surface area (Å²) in [7, 11) is 0. The van der Waals surface area contributed by atoms with E-state index in [1.54, 1.807) is 0 Å². The van der Waals surface area contributed by atoms with Crippen LogP contribution in [0, 0.1) is 5.92 Å². The molecule has 2 N–H and O–H groups in total. The summed E-state index contributed by atoms with van der Waals surface area (Å²) in [6.45, 7) is 3.28. The molecule has 1 aromatic heterocycles. The summed E-state index contributed by atoms with van der Waals surface area (Å²) in [6, 6.07) is 0. The molecule has 0 radical (unpaired) electrons. The Bertz CT molecular complexity index is 423. The second-order valence-corrected chi connectivity index (χ2v) is 4.68. The number of amides is 1. The zero-order valence-corrected chi connectivity index (χ0v) is 9.78. The van der Waals surface area contributed by atoms with Gasteiger partial charge in [0.1, 0.15) is 5.82 Å². The number of aromatic nitrogens is 3. The molecular weight excluding hydrogens is 218 g/mol. The average molecular weight is 235 g/mol. The Morgan fingerprint density at radius 1 is 1.41 bits per heavy atom. The predicted molar refractivity (Wildman–Crippen MR) is 61.2 cm³/mol. The van der Waals surface area contributed by atoms with Crippen LogP contribution in [0.3, 0.4) is 0 Å². The molecule has 0 saturated heterocycles. The average Bonchev–Trinajstić information content (AvgIpc) is 3.13. The highest BCUT2D eigenvalue weighted by atomic mass is 16.2. The third kappa shape index (κ3) is 2.31. The van der Waals surface area contributed by atoms with Gasteiger partial charge in [-0.25, -0.2) is 0 Å². The lowest BCUT2D eigenvalue weighted by molar-refractivity contribution is -0.122. The molecule has 0 unspecified atom stereocenters. The van der Waals surface area contributed by atoms with Crippen molar-refractivity contribution < 1.29 is 4.79 Å². The summed E-state index contributed by atoms with van der Waals surface area (Å²) < 4.78 is 2.12. The molecule has 92 valence electrons. The highest BCUT2D eigenvalue weighted by Gasteiger charge is 2.29. The lowest BCUT2D eigenvalue weighted by Gasteiger charge is -2.07. The van der Waals surface area contributed by atoms with Gasteiger partial charge in [0.2, 0.25) is 5.91 Å². The van der Waals surface area contributed by atoms with E-state index in [0.29, 0.717) is 6.54 Å². The molecule has 2 aliphatic rings. The number of fused-ring (bicyclic) bond motifs is 1. The van der Waals surface area contributed by atoms with Crippen molar-refractivity contribution in [3.8, 4) is 0 Å². The molecule has 1 fully saturated rings. The predicted octanol–water partition coefficient (Wildman–Crippen LogP) is -0.550. The monoisotopic (exact) mass is 235 g/mol. The van der Waals surface area contributed by atoms with Gasteiger partial charge in [-0.3, -0.25) is 4.79 Å². The van der Waals surface area contributed by atoms with Crippen molar-refractivity contribution in [2.24, 2.45) is 5.92 Å². The van der Waals surface area contributed by atoms with Crippen LogP contribution in [0.4, 0.5) is 0 Å². The minimum Gasteiger partial charge on any atom is -0.349 e. The van der Waals surface area contributed by atoms with Gasteiger partial charge in [-0.05, 0) is 12.8 Å². The molecule has 1 saturated carbocycles. The van der Waals surface area contributed by atoms with Crippen molar-refractivity contribution in [1.29, 1.82) is 0 Å². The molecule has 3 rings (SSSR count). The largest absolute Gasteiger partial charge is 0.349 e. The summed E-state index contributed by atoms with van der Waals surface area (Å²) in [6.07, 6.45) is 2.98. The summed E-state index contributed by atoms with van der Waals surface area (Å²) in [5.74, 6) is 2.31. The number of carbonyl (C=O) groups excluding carboxylic acids is 1. The van der Waals surface area contributed by atoms with E-state index in [9.17, 15) is 4.79 Å². The van der Waals surface area contributed by atoms with E-state index in [0.717, 1.165) is 50.5 Å².